The summed E-state index contributed by atoms with van der Waals surface area (Å²) in [5, 5.41) is 5.11. The van der Waals surface area contributed by atoms with Crippen LogP contribution >= 0.6 is 11.3 Å². The summed E-state index contributed by atoms with van der Waals surface area (Å²) in [6.45, 7) is 4.06. The topological polar surface area (TPSA) is 42.0 Å². The van der Waals surface area contributed by atoms with Crippen LogP contribution in [0.5, 0.6) is 0 Å². The molecule has 1 amide bonds. The third kappa shape index (κ3) is 2.55. The molecule has 4 aromatic rings. The summed E-state index contributed by atoms with van der Waals surface area (Å²) in [4.78, 5) is 18.8. The fourth-order valence-electron chi connectivity index (χ4n) is 2.76. The van der Waals surface area contributed by atoms with Gasteiger partial charge < -0.3 is 5.32 Å². The lowest BCUT2D eigenvalue weighted by Crippen LogP contribution is -2.11. The molecule has 0 fully saturated rings. The van der Waals surface area contributed by atoms with E-state index in [1.807, 2.05) is 62.4 Å². The Bertz CT molecular complexity index is 1030. The molecular weight excluding hydrogens is 316 g/mol. The Morgan fingerprint density at radius 3 is 2.71 bits per heavy atom. The number of hydrogen-bond acceptors (Lipinski definition) is 3. The second-order valence-electron chi connectivity index (χ2n) is 5.89. The minimum atomic E-state index is -0.0873. The van der Waals surface area contributed by atoms with E-state index in [0.717, 1.165) is 37.9 Å². The van der Waals surface area contributed by atoms with Crippen LogP contribution < -0.4 is 5.32 Å². The lowest BCUT2D eigenvalue weighted by molar-refractivity contribution is 0.103. The van der Waals surface area contributed by atoms with Gasteiger partial charge in [-0.1, -0.05) is 30.3 Å². The molecule has 2 aromatic carbocycles. The van der Waals surface area contributed by atoms with Crippen molar-refractivity contribution in [3.63, 3.8) is 0 Å². The minimum Gasteiger partial charge on any atom is -0.321 e. The monoisotopic (exact) mass is 332 g/mol. The van der Waals surface area contributed by atoms with Crippen LogP contribution in [0.1, 0.15) is 20.8 Å². The summed E-state index contributed by atoms with van der Waals surface area (Å²) < 4.78 is 0. The SMILES string of the molecule is Cc1cccc(NC(=O)c2cc3cc4ccccc4nc3s2)c1C. The van der Waals surface area contributed by atoms with Gasteiger partial charge in [-0.25, -0.2) is 4.98 Å². The van der Waals surface area contributed by atoms with Crippen molar-refractivity contribution in [2.75, 3.05) is 5.32 Å². The summed E-state index contributed by atoms with van der Waals surface area (Å²) in [6.07, 6.45) is 0. The summed E-state index contributed by atoms with van der Waals surface area (Å²) in [5.74, 6) is -0.0873. The number of aromatic nitrogens is 1. The van der Waals surface area contributed by atoms with E-state index in [9.17, 15) is 4.79 Å². The third-order valence-electron chi connectivity index (χ3n) is 4.29. The average molecular weight is 332 g/mol. The van der Waals surface area contributed by atoms with Crippen LogP contribution in [-0.2, 0) is 0 Å². The van der Waals surface area contributed by atoms with E-state index in [2.05, 4.69) is 16.4 Å². The maximum absolute atomic E-state index is 12.6. The molecule has 0 spiro atoms. The number of aryl methyl sites for hydroxylation is 1. The molecule has 0 aliphatic heterocycles. The summed E-state index contributed by atoms with van der Waals surface area (Å²) >= 11 is 1.43. The lowest BCUT2D eigenvalue weighted by atomic mass is 10.1. The highest BCUT2D eigenvalue weighted by molar-refractivity contribution is 7.20. The van der Waals surface area contributed by atoms with E-state index in [1.165, 1.54) is 11.3 Å². The molecule has 2 heterocycles. The van der Waals surface area contributed by atoms with Crippen LogP contribution in [0.3, 0.4) is 0 Å². The van der Waals surface area contributed by atoms with E-state index in [4.69, 9.17) is 0 Å². The van der Waals surface area contributed by atoms with Gasteiger partial charge in [-0.2, -0.15) is 0 Å². The Morgan fingerprint density at radius 2 is 1.83 bits per heavy atom. The van der Waals surface area contributed by atoms with E-state index in [0.29, 0.717) is 4.88 Å². The Labute approximate surface area is 144 Å². The number of para-hydroxylation sites is 1. The van der Waals surface area contributed by atoms with E-state index in [1.54, 1.807) is 0 Å². The molecule has 24 heavy (non-hydrogen) atoms. The van der Waals surface area contributed by atoms with Gasteiger partial charge in [0, 0.05) is 16.5 Å². The van der Waals surface area contributed by atoms with Crippen molar-refractivity contribution in [1.82, 2.24) is 4.98 Å². The van der Waals surface area contributed by atoms with Crippen molar-refractivity contribution in [3.05, 3.63) is 70.6 Å². The van der Waals surface area contributed by atoms with Crippen LogP contribution in [0.25, 0.3) is 21.1 Å². The Balaban J connectivity index is 1.71. The summed E-state index contributed by atoms with van der Waals surface area (Å²) in [5.41, 5.74) is 4.07. The molecule has 0 unspecified atom stereocenters. The first-order valence-corrected chi connectivity index (χ1v) is 8.60. The number of rotatable bonds is 2. The van der Waals surface area contributed by atoms with E-state index in [-0.39, 0.29) is 5.91 Å². The highest BCUT2D eigenvalue weighted by atomic mass is 32.1. The molecule has 1 N–H and O–H groups in total. The highest BCUT2D eigenvalue weighted by Gasteiger charge is 2.13. The molecule has 3 nitrogen and oxygen atoms in total. The maximum atomic E-state index is 12.6. The first-order chi connectivity index (χ1) is 11.6. The molecule has 2 aromatic heterocycles. The first-order valence-electron chi connectivity index (χ1n) is 7.79. The van der Waals surface area contributed by atoms with Crippen molar-refractivity contribution >= 4 is 44.1 Å². The van der Waals surface area contributed by atoms with Crippen LogP contribution in [0.15, 0.2) is 54.6 Å². The van der Waals surface area contributed by atoms with E-state index >= 15 is 0 Å². The smallest absolute Gasteiger partial charge is 0.265 e. The zero-order valence-electron chi connectivity index (χ0n) is 13.5. The Morgan fingerprint density at radius 1 is 1.00 bits per heavy atom. The predicted octanol–water partition coefficient (Wildman–Crippen LogP) is 5.32. The van der Waals surface area contributed by atoms with Gasteiger partial charge in [-0.3, -0.25) is 4.79 Å². The minimum absolute atomic E-state index is 0.0873. The largest absolute Gasteiger partial charge is 0.321 e. The fraction of sp³-hybridized carbons (Fsp3) is 0.100. The second-order valence-corrected chi connectivity index (χ2v) is 6.92. The van der Waals surface area contributed by atoms with Gasteiger partial charge in [0.25, 0.3) is 5.91 Å². The molecule has 0 radical (unpaired) electrons. The van der Waals surface area contributed by atoms with Gasteiger partial charge in [-0.05, 0) is 49.2 Å². The molecule has 0 saturated heterocycles. The number of hydrogen-bond donors (Lipinski definition) is 1. The number of thiophene rings is 1. The Kier molecular flexibility index (Phi) is 3.54. The number of anilines is 1. The van der Waals surface area contributed by atoms with Crippen LogP contribution in [0, 0.1) is 13.8 Å². The number of nitrogens with zero attached hydrogens (tertiary/aromatic N) is 1. The number of amides is 1. The standard InChI is InChI=1S/C20H16N2OS/c1-12-6-5-9-16(13(12)2)21-19(23)18-11-15-10-14-7-3-4-8-17(14)22-20(15)24-18/h3-11H,1-2H3,(H,21,23). The van der Waals surface area contributed by atoms with Gasteiger partial charge in [0.1, 0.15) is 4.83 Å². The highest BCUT2D eigenvalue weighted by Crippen LogP contribution is 2.28. The lowest BCUT2D eigenvalue weighted by Gasteiger charge is -2.09. The number of carbonyl (C=O) groups is 1. The first kappa shape index (κ1) is 14.8. The molecule has 118 valence electrons. The van der Waals surface area contributed by atoms with Crippen LogP contribution in [0.4, 0.5) is 5.69 Å². The molecule has 4 rings (SSSR count). The number of fused-ring (bicyclic) bond motifs is 2. The number of nitrogens with one attached hydrogen (secondary N) is 1. The Hall–Kier alpha value is -2.72. The van der Waals surface area contributed by atoms with Crippen molar-refractivity contribution in [2.24, 2.45) is 0 Å². The maximum Gasteiger partial charge on any atom is 0.265 e. The predicted molar refractivity (Wildman–Crippen MR) is 101 cm³/mol. The summed E-state index contributed by atoms with van der Waals surface area (Å²) in [7, 11) is 0. The molecule has 0 bridgehead atoms. The average Bonchev–Trinajstić information content (AvgIpc) is 2.99. The zero-order chi connectivity index (χ0) is 16.7. The quantitative estimate of drug-likeness (QED) is 0.540. The molecular formula is C20H16N2OS. The van der Waals surface area contributed by atoms with Crippen LogP contribution in [0.2, 0.25) is 0 Å². The fourth-order valence-corrected chi connectivity index (χ4v) is 3.67. The van der Waals surface area contributed by atoms with Gasteiger partial charge in [0.15, 0.2) is 0 Å². The number of benzene rings is 2. The second kappa shape index (κ2) is 5.73. The molecule has 4 heteroatoms. The normalized spacial score (nSPS) is 11.1. The molecule has 0 aliphatic carbocycles. The van der Waals surface area contributed by atoms with Crippen LogP contribution in [-0.4, -0.2) is 10.9 Å². The van der Waals surface area contributed by atoms with Gasteiger partial charge >= 0.3 is 0 Å². The van der Waals surface area contributed by atoms with Gasteiger partial charge in [0.05, 0.1) is 10.4 Å². The van der Waals surface area contributed by atoms with Crippen molar-refractivity contribution in [2.45, 2.75) is 13.8 Å². The van der Waals surface area contributed by atoms with Crippen molar-refractivity contribution < 1.29 is 4.79 Å². The van der Waals surface area contributed by atoms with E-state index < -0.39 is 0 Å². The molecule has 0 atom stereocenters. The molecule has 0 aliphatic rings. The van der Waals surface area contributed by atoms with Crippen molar-refractivity contribution in [1.29, 1.82) is 0 Å². The van der Waals surface area contributed by atoms with Gasteiger partial charge in [0.2, 0.25) is 0 Å². The summed E-state index contributed by atoms with van der Waals surface area (Å²) in [6, 6.07) is 17.9. The van der Waals surface area contributed by atoms with Crippen molar-refractivity contribution in [3.8, 4) is 0 Å². The number of pyridine rings is 1. The molecule has 0 saturated carbocycles. The third-order valence-corrected chi connectivity index (χ3v) is 5.33. The zero-order valence-corrected chi connectivity index (χ0v) is 14.3. The number of carbonyl (C=O) groups excluding carboxylic acids is 1. The van der Waals surface area contributed by atoms with Gasteiger partial charge in [-0.15, -0.1) is 11.3 Å².